The van der Waals surface area contributed by atoms with E-state index in [1.807, 2.05) is 0 Å². The predicted octanol–water partition coefficient (Wildman–Crippen LogP) is 0.928. The van der Waals surface area contributed by atoms with Crippen LogP contribution < -0.4 is 5.73 Å². The summed E-state index contributed by atoms with van der Waals surface area (Å²) in [6.45, 7) is 0. The Hall–Kier alpha value is -1.07. The zero-order valence-corrected chi connectivity index (χ0v) is 7.04. The fraction of sp³-hybridized carbons (Fsp3) is 0.286. The van der Waals surface area contributed by atoms with Crippen molar-refractivity contribution in [2.24, 2.45) is 5.73 Å². The van der Waals surface area contributed by atoms with E-state index in [4.69, 9.17) is 15.9 Å². The summed E-state index contributed by atoms with van der Waals surface area (Å²) in [5, 5.41) is 18.9. The Balaban J connectivity index is 2.64. The maximum atomic E-state index is 10.3. The molecule has 4 N–H and O–H groups in total. The Morgan fingerprint density at radius 3 is 2.83 bits per heavy atom. The van der Waals surface area contributed by atoms with Crippen LogP contribution in [-0.4, -0.2) is 16.2 Å². The first-order valence-corrected chi connectivity index (χ1v) is 4.22. The number of hydrogen-bond acceptors (Lipinski definition) is 4. The maximum Gasteiger partial charge on any atom is 0.305 e. The molecule has 1 atom stereocenters. The Morgan fingerprint density at radius 1 is 1.75 bits per heavy atom. The van der Waals surface area contributed by atoms with Gasteiger partial charge in [0.25, 0.3) is 0 Å². The number of hydrogen-bond donors (Lipinski definition) is 3. The van der Waals surface area contributed by atoms with E-state index in [1.54, 1.807) is 0 Å². The van der Waals surface area contributed by atoms with Crippen LogP contribution in [0.25, 0.3) is 0 Å². The topological polar surface area (TPSA) is 83.6 Å². The molecule has 1 heterocycles. The van der Waals surface area contributed by atoms with Crippen LogP contribution in [0.5, 0.6) is 5.75 Å². The van der Waals surface area contributed by atoms with Crippen LogP contribution in [0, 0.1) is 0 Å². The average molecular weight is 187 g/mol. The molecule has 0 aliphatic carbocycles. The van der Waals surface area contributed by atoms with Gasteiger partial charge >= 0.3 is 5.97 Å². The molecule has 0 saturated heterocycles. The number of aliphatic carboxylic acids is 1. The van der Waals surface area contributed by atoms with Gasteiger partial charge in [-0.05, 0) is 6.07 Å². The van der Waals surface area contributed by atoms with Crippen LogP contribution in [0.2, 0.25) is 0 Å². The number of rotatable bonds is 3. The maximum absolute atomic E-state index is 10.3. The number of carbonyl (C=O) groups is 1. The molecular weight excluding hydrogens is 178 g/mol. The SMILES string of the molecule is N[C@H](CC(=O)O)c1cc(O)cs1. The monoisotopic (exact) mass is 187 g/mol. The highest BCUT2D eigenvalue weighted by Gasteiger charge is 2.12. The molecule has 4 nitrogen and oxygen atoms in total. The van der Waals surface area contributed by atoms with Gasteiger partial charge in [0.05, 0.1) is 6.42 Å². The molecule has 0 bridgehead atoms. The molecule has 0 aromatic carbocycles. The molecule has 1 rings (SSSR count). The highest BCUT2D eigenvalue weighted by Crippen LogP contribution is 2.26. The minimum atomic E-state index is -0.935. The van der Waals surface area contributed by atoms with Crippen LogP contribution in [0.3, 0.4) is 0 Å². The zero-order chi connectivity index (χ0) is 9.14. The second-order valence-electron chi connectivity index (χ2n) is 2.41. The summed E-state index contributed by atoms with van der Waals surface area (Å²) in [5.41, 5.74) is 5.53. The predicted molar refractivity (Wildman–Crippen MR) is 45.2 cm³/mol. The van der Waals surface area contributed by atoms with Crippen molar-refractivity contribution in [1.29, 1.82) is 0 Å². The lowest BCUT2D eigenvalue weighted by Crippen LogP contribution is -2.13. The third-order valence-electron chi connectivity index (χ3n) is 1.37. The zero-order valence-electron chi connectivity index (χ0n) is 6.23. The van der Waals surface area contributed by atoms with Crippen LogP contribution in [-0.2, 0) is 4.79 Å². The molecule has 0 aliphatic heterocycles. The van der Waals surface area contributed by atoms with Gasteiger partial charge in [0.1, 0.15) is 5.75 Å². The Kier molecular flexibility index (Phi) is 2.67. The number of nitrogens with two attached hydrogens (primary N) is 1. The average Bonchev–Trinajstić information content (AvgIpc) is 2.34. The number of carboxylic acids is 1. The van der Waals surface area contributed by atoms with E-state index in [-0.39, 0.29) is 12.2 Å². The molecule has 12 heavy (non-hydrogen) atoms. The molecule has 0 unspecified atom stereocenters. The van der Waals surface area contributed by atoms with Crippen molar-refractivity contribution in [2.75, 3.05) is 0 Å². The van der Waals surface area contributed by atoms with Gasteiger partial charge in [-0.15, -0.1) is 11.3 Å². The van der Waals surface area contributed by atoms with Gasteiger partial charge in [-0.1, -0.05) is 0 Å². The molecule has 1 aromatic rings. The fourth-order valence-electron chi connectivity index (χ4n) is 0.825. The van der Waals surface area contributed by atoms with Gasteiger partial charge in [-0.3, -0.25) is 4.79 Å². The molecular formula is C7H9NO3S. The van der Waals surface area contributed by atoms with Gasteiger partial charge in [-0.2, -0.15) is 0 Å². The van der Waals surface area contributed by atoms with Crippen LogP contribution in [0.1, 0.15) is 17.3 Å². The molecule has 5 heteroatoms. The minimum absolute atomic E-state index is 0.111. The summed E-state index contributed by atoms with van der Waals surface area (Å²) in [4.78, 5) is 10.9. The van der Waals surface area contributed by atoms with Crippen LogP contribution in [0.4, 0.5) is 0 Å². The molecule has 0 amide bonds. The molecule has 1 aromatic heterocycles. The first-order valence-electron chi connectivity index (χ1n) is 3.34. The summed E-state index contributed by atoms with van der Waals surface area (Å²) in [6.07, 6.45) is -0.111. The van der Waals surface area contributed by atoms with E-state index >= 15 is 0 Å². The Bertz CT molecular complexity index is 284. The minimum Gasteiger partial charge on any atom is -0.507 e. The van der Waals surface area contributed by atoms with Gasteiger partial charge in [0.2, 0.25) is 0 Å². The summed E-state index contributed by atoms with van der Waals surface area (Å²) in [6, 6.07) is 0.964. The smallest absolute Gasteiger partial charge is 0.305 e. The first-order chi connectivity index (χ1) is 5.59. The molecule has 0 fully saturated rings. The molecule has 66 valence electrons. The molecule has 0 radical (unpaired) electrons. The fourth-order valence-corrected chi connectivity index (χ4v) is 1.60. The summed E-state index contributed by atoms with van der Waals surface area (Å²) in [5.74, 6) is -0.800. The third kappa shape index (κ3) is 2.21. The first kappa shape index (κ1) is 9.02. The quantitative estimate of drug-likeness (QED) is 0.657. The highest BCUT2D eigenvalue weighted by molar-refractivity contribution is 7.10. The molecule has 0 aliphatic rings. The van der Waals surface area contributed by atoms with E-state index in [0.29, 0.717) is 4.88 Å². The number of aromatic hydroxyl groups is 1. The lowest BCUT2D eigenvalue weighted by atomic mass is 10.2. The van der Waals surface area contributed by atoms with E-state index in [2.05, 4.69) is 0 Å². The second-order valence-corrected chi connectivity index (χ2v) is 3.35. The lowest BCUT2D eigenvalue weighted by molar-refractivity contribution is -0.137. The van der Waals surface area contributed by atoms with Crippen molar-refractivity contribution in [2.45, 2.75) is 12.5 Å². The lowest BCUT2D eigenvalue weighted by Gasteiger charge is -2.03. The highest BCUT2D eigenvalue weighted by atomic mass is 32.1. The summed E-state index contributed by atoms with van der Waals surface area (Å²) < 4.78 is 0. The van der Waals surface area contributed by atoms with Crippen LogP contribution >= 0.6 is 11.3 Å². The largest absolute Gasteiger partial charge is 0.507 e. The standard InChI is InChI=1S/C7H9NO3S/c8-5(2-7(10)11)6-1-4(9)3-12-6/h1,3,5,9H,2,8H2,(H,10,11)/t5-/m1/s1. The van der Waals surface area contributed by atoms with Gasteiger partial charge < -0.3 is 15.9 Å². The summed E-state index contributed by atoms with van der Waals surface area (Å²) in [7, 11) is 0. The van der Waals surface area contributed by atoms with E-state index in [1.165, 1.54) is 22.8 Å². The van der Waals surface area contributed by atoms with Crippen molar-refractivity contribution in [1.82, 2.24) is 0 Å². The Labute approximate surface area is 73.3 Å². The second kappa shape index (κ2) is 3.55. The molecule has 0 saturated carbocycles. The Morgan fingerprint density at radius 2 is 2.42 bits per heavy atom. The number of thiophene rings is 1. The van der Waals surface area contributed by atoms with Crippen molar-refractivity contribution in [3.05, 3.63) is 16.3 Å². The summed E-state index contributed by atoms with van der Waals surface area (Å²) >= 11 is 1.26. The van der Waals surface area contributed by atoms with Gasteiger partial charge in [0.15, 0.2) is 0 Å². The van der Waals surface area contributed by atoms with Crippen molar-refractivity contribution in [3.8, 4) is 5.75 Å². The molecule has 0 spiro atoms. The number of carboxylic acid groups (broad SMARTS) is 1. The van der Waals surface area contributed by atoms with Gasteiger partial charge in [-0.25, -0.2) is 0 Å². The third-order valence-corrected chi connectivity index (χ3v) is 2.42. The van der Waals surface area contributed by atoms with E-state index in [9.17, 15) is 4.79 Å². The van der Waals surface area contributed by atoms with E-state index in [0.717, 1.165) is 0 Å². The van der Waals surface area contributed by atoms with E-state index < -0.39 is 12.0 Å². The van der Waals surface area contributed by atoms with Crippen molar-refractivity contribution >= 4 is 17.3 Å². The van der Waals surface area contributed by atoms with Crippen LogP contribution in [0.15, 0.2) is 11.4 Å². The van der Waals surface area contributed by atoms with Gasteiger partial charge in [0, 0.05) is 16.3 Å². The van der Waals surface area contributed by atoms with Crippen molar-refractivity contribution in [3.63, 3.8) is 0 Å². The van der Waals surface area contributed by atoms with Crippen molar-refractivity contribution < 1.29 is 15.0 Å². The normalized spacial score (nSPS) is 12.8.